The van der Waals surface area contributed by atoms with Gasteiger partial charge in [-0.15, -0.1) is 0 Å². The summed E-state index contributed by atoms with van der Waals surface area (Å²) in [5.74, 6) is 0.463. The number of piperidine rings is 1. The molecule has 2 fully saturated rings. The van der Waals surface area contributed by atoms with Crippen molar-refractivity contribution in [2.75, 3.05) is 39.5 Å². The fraction of sp³-hybridized carbons (Fsp3) is 0.600. The van der Waals surface area contributed by atoms with Gasteiger partial charge >= 0.3 is 0 Å². The molecule has 2 saturated heterocycles. The van der Waals surface area contributed by atoms with E-state index in [4.69, 9.17) is 25.8 Å². The summed E-state index contributed by atoms with van der Waals surface area (Å²) < 4.78 is 17.2. The lowest BCUT2D eigenvalue weighted by atomic mass is 10.0. The highest BCUT2D eigenvalue weighted by atomic mass is 35.5. The van der Waals surface area contributed by atoms with Crippen LogP contribution in [0.1, 0.15) is 12.8 Å². The summed E-state index contributed by atoms with van der Waals surface area (Å²) in [6.45, 7) is 5.00. The molecule has 4 nitrogen and oxygen atoms in total. The third kappa shape index (κ3) is 3.26. The summed E-state index contributed by atoms with van der Waals surface area (Å²) in [6.07, 6.45) is 1.89. The molecule has 3 rings (SSSR count). The molecule has 1 aromatic rings. The van der Waals surface area contributed by atoms with Gasteiger partial charge in [-0.2, -0.15) is 0 Å². The Hall–Kier alpha value is -0.810. The van der Waals surface area contributed by atoms with Crippen LogP contribution in [-0.4, -0.2) is 50.1 Å². The van der Waals surface area contributed by atoms with Crippen molar-refractivity contribution in [3.05, 3.63) is 29.3 Å². The van der Waals surface area contributed by atoms with Crippen LogP contribution in [0.2, 0.25) is 5.02 Å². The zero-order valence-corrected chi connectivity index (χ0v) is 12.3. The maximum Gasteiger partial charge on any atom is 0.170 e. The number of likely N-dealkylation sites (tertiary alicyclic amines) is 1. The first-order valence-electron chi connectivity index (χ1n) is 7.15. The number of benzene rings is 1. The number of nitrogens with zero attached hydrogens (tertiary/aromatic N) is 1. The second-order valence-electron chi connectivity index (χ2n) is 5.23. The number of hydrogen-bond donors (Lipinski definition) is 0. The van der Waals surface area contributed by atoms with Crippen molar-refractivity contribution >= 4 is 11.6 Å². The molecule has 0 unspecified atom stereocenters. The molecule has 5 heteroatoms. The molecule has 1 spiro atoms. The first-order chi connectivity index (χ1) is 9.77. The van der Waals surface area contributed by atoms with E-state index in [1.54, 1.807) is 0 Å². The molecule has 2 aliphatic heterocycles. The second kappa shape index (κ2) is 6.31. The van der Waals surface area contributed by atoms with Gasteiger partial charge in [-0.3, -0.25) is 4.90 Å². The van der Waals surface area contributed by atoms with Crippen molar-refractivity contribution in [3.63, 3.8) is 0 Å². The zero-order chi connectivity index (χ0) is 13.8. The lowest BCUT2D eigenvalue weighted by molar-refractivity contribution is -0.185. The number of hydrogen-bond acceptors (Lipinski definition) is 4. The van der Waals surface area contributed by atoms with E-state index < -0.39 is 0 Å². The van der Waals surface area contributed by atoms with E-state index in [2.05, 4.69) is 4.90 Å². The third-order valence-corrected chi connectivity index (χ3v) is 4.25. The van der Waals surface area contributed by atoms with Gasteiger partial charge in [0.05, 0.1) is 18.2 Å². The molecule has 0 atom stereocenters. The van der Waals surface area contributed by atoms with Crippen LogP contribution in [0.4, 0.5) is 0 Å². The molecule has 1 aromatic carbocycles. The van der Waals surface area contributed by atoms with Crippen LogP contribution in [0.5, 0.6) is 5.75 Å². The average Bonchev–Trinajstić information content (AvgIpc) is 2.92. The normalized spacial score (nSPS) is 22.2. The fourth-order valence-electron chi connectivity index (χ4n) is 2.75. The Morgan fingerprint density at radius 1 is 1.15 bits per heavy atom. The summed E-state index contributed by atoms with van der Waals surface area (Å²) in [4.78, 5) is 2.38. The minimum absolute atomic E-state index is 0.292. The quantitative estimate of drug-likeness (QED) is 0.855. The molecule has 0 amide bonds. The third-order valence-electron chi connectivity index (χ3n) is 3.93. The number of para-hydroxylation sites is 1. The summed E-state index contributed by atoms with van der Waals surface area (Å²) in [7, 11) is 0. The Balaban J connectivity index is 1.41. The largest absolute Gasteiger partial charge is 0.491 e. The van der Waals surface area contributed by atoms with E-state index in [0.29, 0.717) is 11.6 Å². The van der Waals surface area contributed by atoms with E-state index in [1.807, 2.05) is 24.3 Å². The van der Waals surface area contributed by atoms with E-state index in [1.165, 1.54) is 0 Å². The van der Waals surface area contributed by atoms with Crippen LogP contribution in [0.25, 0.3) is 0 Å². The van der Waals surface area contributed by atoms with Crippen molar-refractivity contribution in [1.82, 2.24) is 4.90 Å². The number of ether oxygens (including phenoxy) is 3. The minimum atomic E-state index is -0.292. The van der Waals surface area contributed by atoms with Gasteiger partial charge in [0.1, 0.15) is 12.4 Å². The SMILES string of the molecule is Clc1ccccc1OCCN1CCC2(CC1)OCCO2. The van der Waals surface area contributed by atoms with Gasteiger partial charge in [0, 0.05) is 32.5 Å². The van der Waals surface area contributed by atoms with Crippen LogP contribution in [0, 0.1) is 0 Å². The van der Waals surface area contributed by atoms with Crippen molar-refractivity contribution in [3.8, 4) is 5.75 Å². The van der Waals surface area contributed by atoms with Gasteiger partial charge in [0.15, 0.2) is 5.79 Å². The second-order valence-corrected chi connectivity index (χ2v) is 5.64. The van der Waals surface area contributed by atoms with Crippen LogP contribution >= 0.6 is 11.6 Å². The Bertz CT molecular complexity index is 438. The van der Waals surface area contributed by atoms with Gasteiger partial charge < -0.3 is 14.2 Å². The first kappa shape index (κ1) is 14.1. The molecule has 0 saturated carbocycles. The molecule has 2 aliphatic rings. The van der Waals surface area contributed by atoms with E-state index in [0.717, 1.165) is 51.4 Å². The molecule has 0 bridgehead atoms. The molecular formula is C15H20ClNO3. The van der Waals surface area contributed by atoms with E-state index in [9.17, 15) is 0 Å². The smallest absolute Gasteiger partial charge is 0.170 e. The van der Waals surface area contributed by atoms with Gasteiger partial charge in [0.25, 0.3) is 0 Å². The Kier molecular flexibility index (Phi) is 4.46. The lowest BCUT2D eigenvalue weighted by Crippen LogP contribution is -2.46. The Morgan fingerprint density at radius 3 is 2.55 bits per heavy atom. The highest BCUT2D eigenvalue weighted by molar-refractivity contribution is 6.32. The van der Waals surface area contributed by atoms with E-state index >= 15 is 0 Å². The highest BCUT2D eigenvalue weighted by Crippen LogP contribution is 2.31. The number of halogens is 1. The Morgan fingerprint density at radius 2 is 1.85 bits per heavy atom. The summed E-state index contributed by atoms with van der Waals surface area (Å²) in [5.41, 5.74) is 0. The van der Waals surface area contributed by atoms with Crippen molar-refractivity contribution in [2.45, 2.75) is 18.6 Å². The van der Waals surface area contributed by atoms with E-state index in [-0.39, 0.29) is 5.79 Å². The lowest BCUT2D eigenvalue weighted by Gasteiger charge is -2.37. The monoisotopic (exact) mass is 297 g/mol. The van der Waals surface area contributed by atoms with Gasteiger partial charge in [-0.1, -0.05) is 23.7 Å². The summed E-state index contributed by atoms with van der Waals surface area (Å²) >= 11 is 6.06. The molecule has 0 aromatic heterocycles. The van der Waals surface area contributed by atoms with Crippen molar-refractivity contribution < 1.29 is 14.2 Å². The molecule has 0 radical (unpaired) electrons. The predicted molar refractivity (Wildman–Crippen MR) is 77.3 cm³/mol. The highest BCUT2D eigenvalue weighted by Gasteiger charge is 2.39. The predicted octanol–water partition coefficient (Wildman–Crippen LogP) is 2.56. The molecule has 20 heavy (non-hydrogen) atoms. The number of rotatable bonds is 4. The fourth-order valence-corrected chi connectivity index (χ4v) is 2.94. The summed E-state index contributed by atoms with van der Waals surface area (Å²) in [5, 5.41) is 0.665. The first-order valence-corrected chi connectivity index (χ1v) is 7.53. The maximum absolute atomic E-state index is 6.06. The topological polar surface area (TPSA) is 30.9 Å². The zero-order valence-electron chi connectivity index (χ0n) is 11.5. The molecule has 0 N–H and O–H groups in total. The van der Waals surface area contributed by atoms with Gasteiger partial charge in [-0.25, -0.2) is 0 Å². The molecular weight excluding hydrogens is 278 g/mol. The van der Waals surface area contributed by atoms with Crippen LogP contribution in [0.15, 0.2) is 24.3 Å². The van der Waals surface area contributed by atoms with Crippen molar-refractivity contribution in [2.24, 2.45) is 0 Å². The van der Waals surface area contributed by atoms with Crippen LogP contribution < -0.4 is 4.74 Å². The molecule has 110 valence electrons. The Labute approximate surface area is 124 Å². The maximum atomic E-state index is 6.06. The van der Waals surface area contributed by atoms with Crippen LogP contribution in [-0.2, 0) is 9.47 Å². The van der Waals surface area contributed by atoms with Crippen LogP contribution in [0.3, 0.4) is 0 Å². The van der Waals surface area contributed by atoms with Gasteiger partial charge in [-0.05, 0) is 12.1 Å². The minimum Gasteiger partial charge on any atom is -0.491 e. The van der Waals surface area contributed by atoms with Gasteiger partial charge in [0.2, 0.25) is 0 Å². The summed E-state index contributed by atoms with van der Waals surface area (Å²) in [6, 6.07) is 7.57. The molecule has 0 aliphatic carbocycles. The average molecular weight is 298 g/mol. The molecule has 2 heterocycles. The standard InChI is InChI=1S/C15H20ClNO3/c16-13-3-1-2-4-14(13)18-10-9-17-7-5-15(6-8-17)19-11-12-20-15/h1-4H,5-12H2. The van der Waals surface area contributed by atoms with Crippen molar-refractivity contribution in [1.29, 1.82) is 0 Å².